The lowest BCUT2D eigenvalue weighted by atomic mass is 9.82. The summed E-state index contributed by atoms with van der Waals surface area (Å²) in [5.74, 6) is 0.655. The number of nitrogens with zero attached hydrogens (tertiary/aromatic N) is 2. The molecule has 0 bridgehead atoms. The number of oxazole rings is 1. The van der Waals surface area contributed by atoms with Crippen LogP contribution in [0.25, 0.3) is 11.5 Å². The molecule has 0 spiro atoms. The van der Waals surface area contributed by atoms with Gasteiger partial charge in [-0.2, -0.15) is 0 Å². The van der Waals surface area contributed by atoms with Crippen LogP contribution in [0.4, 0.5) is 0 Å². The number of fused-ring (bicyclic) bond motifs is 1. The third kappa shape index (κ3) is 2.68. The standard InChI is InChI=1S/C19H16N2O2/c22-18(15-9-8-13-5-1-2-6-14(13)11-15)19-21-12-17(23-19)16-7-3-4-10-20-16/h1-7,10,12,15H,8-9,11H2/t15-/m1/s1. The fourth-order valence-electron chi connectivity index (χ4n) is 3.11. The van der Waals surface area contributed by atoms with Crippen LogP contribution in [0, 0.1) is 5.92 Å². The number of benzene rings is 1. The highest BCUT2D eigenvalue weighted by Gasteiger charge is 2.28. The lowest BCUT2D eigenvalue weighted by Crippen LogP contribution is -2.23. The van der Waals surface area contributed by atoms with Crippen LogP contribution in [0.1, 0.15) is 28.2 Å². The highest BCUT2D eigenvalue weighted by Crippen LogP contribution is 2.28. The lowest BCUT2D eigenvalue weighted by molar-refractivity contribution is 0.0873. The average molecular weight is 304 g/mol. The maximum atomic E-state index is 12.7. The maximum absolute atomic E-state index is 12.7. The number of hydrogen-bond donors (Lipinski definition) is 0. The predicted molar refractivity (Wildman–Crippen MR) is 86.0 cm³/mol. The van der Waals surface area contributed by atoms with E-state index in [0.717, 1.165) is 19.3 Å². The Morgan fingerprint density at radius 3 is 2.70 bits per heavy atom. The van der Waals surface area contributed by atoms with Gasteiger partial charge in [0, 0.05) is 12.1 Å². The molecule has 23 heavy (non-hydrogen) atoms. The van der Waals surface area contributed by atoms with Gasteiger partial charge < -0.3 is 4.42 Å². The highest BCUT2D eigenvalue weighted by molar-refractivity contribution is 5.94. The molecule has 1 atom stereocenters. The van der Waals surface area contributed by atoms with Gasteiger partial charge in [-0.15, -0.1) is 0 Å². The minimum atomic E-state index is -0.0554. The first kappa shape index (κ1) is 13.9. The Bertz CT molecular complexity index is 839. The molecular formula is C19H16N2O2. The van der Waals surface area contributed by atoms with Gasteiger partial charge in [-0.1, -0.05) is 30.3 Å². The van der Waals surface area contributed by atoms with Gasteiger partial charge in [0.2, 0.25) is 5.78 Å². The molecule has 0 saturated carbocycles. The van der Waals surface area contributed by atoms with Crippen molar-refractivity contribution < 1.29 is 9.21 Å². The van der Waals surface area contributed by atoms with Crippen LogP contribution in [0.2, 0.25) is 0 Å². The van der Waals surface area contributed by atoms with E-state index in [4.69, 9.17) is 4.42 Å². The van der Waals surface area contributed by atoms with E-state index in [1.165, 1.54) is 11.1 Å². The van der Waals surface area contributed by atoms with Gasteiger partial charge in [-0.3, -0.25) is 9.78 Å². The monoisotopic (exact) mass is 304 g/mol. The minimum Gasteiger partial charge on any atom is -0.432 e. The van der Waals surface area contributed by atoms with Crippen LogP contribution < -0.4 is 0 Å². The first-order valence-electron chi connectivity index (χ1n) is 7.79. The summed E-state index contributed by atoms with van der Waals surface area (Å²) in [6, 6.07) is 13.9. The van der Waals surface area contributed by atoms with Crippen molar-refractivity contribution in [2.45, 2.75) is 19.3 Å². The zero-order valence-electron chi connectivity index (χ0n) is 12.6. The summed E-state index contributed by atoms with van der Waals surface area (Å²) in [5.41, 5.74) is 3.29. The van der Waals surface area contributed by atoms with Crippen molar-refractivity contribution in [3.05, 3.63) is 71.9 Å². The van der Waals surface area contributed by atoms with Crippen LogP contribution in [-0.4, -0.2) is 15.8 Å². The summed E-state index contributed by atoms with van der Waals surface area (Å²) in [4.78, 5) is 21.1. The van der Waals surface area contributed by atoms with Gasteiger partial charge in [-0.25, -0.2) is 4.98 Å². The third-order valence-corrected chi connectivity index (χ3v) is 4.35. The highest BCUT2D eigenvalue weighted by atomic mass is 16.4. The van der Waals surface area contributed by atoms with E-state index in [9.17, 15) is 4.79 Å². The van der Waals surface area contributed by atoms with Crippen LogP contribution in [0.5, 0.6) is 0 Å². The van der Waals surface area contributed by atoms with Gasteiger partial charge >= 0.3 is 0 Å². The maximum Gasteiger partial charge on any atom is 0.264 e. The topological polar surface area (TPSA) is 56.0 Å². The predicted octanol–water partition coefficient (Wildman–Crippen LogP) is 3.72. The summed E-state index contributed by atoms with van der Waals surface area (Å²) in [5, 5.41) is 0. The molecule has 4 heteroatoms. The van der Waals surface area contributed by atoms with Crippen molar-refractivity contribution in [3.8, 4) is 11.5 Å². The molecule has 0 saturated heterocycles. The SMILES string of the molecule is O=C(c1ncc(-c2ccccn2)o1)[C@@H]1CCc2ccccc2C1. The zero-order valence-corrected chi connectivity index (χ0v) is 12.6. The van der Waals surface area contributed by atoms with Gasteiger partial charge in [-0.05, 0) is 42.5 Å². The Kier molecular flexibility index (Phi) is 3.50. The van der Waals surface area contributed by atoms with E-state index in [-0.39, 0.29) is 17.6 Å². The normalized spacial score (nSPS) is 16.8. The molecule has 1 aliphatic carbocycles. The number of pyridine rings is 1. The number of rotatable bonds is 3. The Morgan fingerprint density at radius 2 is 1.87 bits per heavy atom. The number of carbonyl (C=O) groups excluding carboxylic acids is 1. The minimum absolute atomic E-state index is 0.0123. The number of carbonyl (C=O) groups is 1. The van der Waals surface area contributed by atoms with Crippen molar-refractivity contribution >= 4 is 5.78 Å². The molecule has 4 nitrogen and oxygen atoms in total. The van der Waals surface area contributed by atoms with Crippen LogP contribution in [-0.2, 0) is 12.8 Å². The van der Waals surface area contributed by atoms with E-state index in [2.05, 4.69) is 22.1 Å². The fourth-order valence-corrected chi connectivity index (χ4v) is 3.11. The van der Waals surface area contributed by atoms with Crippen molar-refractivity contribution in [3.63, 3.8) is 0 Å². The van der Waals surface area contributed by atoms with Gasteiger partial charge in [0.15, 0.2) is 5.76 Å². The van der Waals surface area contributed by atoms with E-state index in [0.29, 0.717) is 11.5 Å². The van der Waals surface area contributed by atoms with Crippen LogP contribution >= 0.6 is 0 Å². The summed E-state index contributed by atoms with van der Waals surface area (Å²) < 4.78 is 5.65. The van der Waals surface area contributed by atoms with E-state index >= 15 is 0 Å². The summed E-state index contributed by atoms with van der Waals surface area (Å²) >= 11 is 0. The Hall–Kier alpha value is -2.75. The molecule has 0 fully saturated rings. The summed E-state index contributed by atoms with van der Waals surface area (Å²) in [6.45, 7) is 0. The third-order valence-electron chi connectivity index (χ3n) is 4.35. The number of aromatic nitrogens is 2. The lowest BCUT2D eigenvalue weighted by Gasteiger charge is -2.22. The molecule has 2 heterocycles. The first-order chi connectivity index (χ1) is 11.3. The molecule has 114 valence electrons. The molecule has 0 amide bonds. The molecule has 3 aromatic rings. The molecule has 0 N–H and O–H groups in total. The van der Waals surface area contributed by atoms with E-state index in [1.807, 2.05) is 30.3 Å². The van der Waals surface area contributed by atoms with Gasteiger partial charge in [0.1, 0.15) is 5.69 Å². The van der Waals surface area contributed by atoms with Crippen LogP contribution in [0.3, 0.4) is 0 Å². The van der Waals surface area contributed by atoms with Crippen molar-refractivity contribution in [2.24, 2.45) is 5.92 Å². The molecule has 0 aliphatic heterocycles. The summed E-state index contributed by atoms with van der Waals surface area (Å²) in [6.07, 6.45) is 5.80. The second-order valence-electron chi connectivity index (χ2n) is 5.82. The van der Waals surface area contributed by atoms with E-state index < -0.39 is 0 Å². The van der Waals surface area contributed by atoms with Crippen molar-refractivity contribution in [1.82, 2.24) is 9.97 Å². The Morgan fingerprint density at radius 1 is 1.04 bits per heavy atom. The number of Topliss-reactive ketones (excluding diaryl/α,β-unsaturated/α-hetero) is 1. The van der Waals surface area contributed by atoms with Crippen LogP contribution in [0.15, 0.2) is 59.3 Å². The summed E-state index contributed by atoms with van der Waals surface area (Å²) in [7, 11) is 0. The smallest absolute Gasteiger partial charge is 0.264 e. The molecule has 4 rings (SSSR count). The number of ketones is 1. The van der Waals surface area contributed by atoms with Crippen molar-refractivity contribution in [2.75, 3.05) is 0 Å². The zero-order chi connectivity index (χ0) is 15.6. The van der Waals surface area contributed by atoms with E-state index in [1.54, 1.807) is 12.4 Å². The molecular weight excluding hydrogens is 288 g/mol. The average Bonchev–Trinajstić information content (AvgIpc) is 3.11. The quantitative estimate of drug-likeness (QED) is 0.692. The van der Waals surface area contributed by atoms with Crippen molar-refractivity contribution in [1.29, 1.82) is 0 Å². The Labute approximate surface area is 134 Å². The number of aryl methyl sites for hydroxylation is 1. The second-order valence-corrected chi connectivity index (χ2v) is 5.82. The molecule has 0 radical (unpaired) electrons. The first-order valence-corrected chi connectivity index (χ1v) is 7.79. The molecule has 0 unspecified atom stereocenters. The molecule has 1 aliphatic rings. The largest absolute Gasteiger partial charge is 0.432 e. The van der Waals surface area contributed by atoms with Gasteiger partial charge in [0.05, 0.1) is 6.20 Å². The number of hydrogen-bond acceptors (Lipinski definition) is 4. The second kappa shape index (κ2) is 5.80. The van der Waals surface area contributed by atoms with Gasteiger partial charge in [0.25, 0.3) is 5.89 Å². The molecule has 1 aromatic carbocycles. The Balaban J connectivity index is 1.55. The molecule has 2 aromatic heterocycles. The fraction of sp³-hybridized carbons (Fsp3) is 0.211.